The lowest BCUT2D eigenvalue weighted by molar-refractivity contribution is 0.890. The lowest BCUT2D eigenvalue weighted by atomic mass is 10.2. The molecule has 0 spiro atoms. The summed E-state index contributed by atoms with van der Waals surface area (Å²) >= 11 is 0. The molecule has 2 aromatic rings. The average Bonchev–Trinajstić information content (AvgIpc) is 2.67. The van der Waals surface area contributed by atoms with Crippen LogP contribution in [0, 0.1) is 0 Å². The lowest BCUT2D eigenvalue weighted by Crippen LogP contribution is -2.65. The van der Waals surface area contributed by atoms with Gasteiger partial charge in [-0.3, -0.25) is 8.55 Å². The quantitative estimate of drug-likeness (QED) is 0.336. The molecule has 0 fully saturated rings. The standard InChI is InChI=1S/C26H43Si3/c1-21(2)28(22(3)4,19-25-15-11-9-12-16-25)27-29(23(5)6,24(7)8)20-26-17-13-10-14-18-26/h9-18,21-24,27H,19-20H2,1-8H3/q-1. The van der Waals surface area contributed by atoms with E-state index in [2.05, 4.69) is 116 Å². The van der Waals surface area contributed by atoms with Gasteiger partial charge in [0.15, 0.2) is 0 Å². The van der Waals surface area contributed by atoms with E-state index in [0.717, 1.165) is 22.2 Å². The molecule has 0 aliphatic heterocycles. The van der Waals surface area contributed by atoms with E-state index < -0.39 is 15.2 Å². The highest BCUT2D eigenvalue weighted by Crippen LogP contribution is 2.43. The fraction of sp³-hybridized carbons (Fsp3) is 0.538. The zero-order chi connectivity index (χ0) is 21.7. The average molecular weight is 440 g/mol. The molecule has 160 valence electrons. The summed E-state index contributed by atoms with van der Waals surface area (Å²) in [4.78, 5) is 0. The van der Waals surface area contributed by atoms with E-state index in [9.17, 15) is 0 Å². The molecule has 3 heteroatoms. The maximum Gasteiger partial charge on any atom is -0.0534 e. The van der Waals surface area contributed by atoms with Crippen LogP contribution in [0.4, 0.5) is 0 Å². The van der Waals surface area contributed by atoms with Crippen LogP contribution in [0.15, 0.2) is 60.7 Å². The normalized spacial score (nSPS) is 13.1. The van der Waals surface area contributed by atoms with Gasteiger partial charge in [-0.2, -0.15) is 0 Å². The molecular weight excluding hydrogens is 397 g/mol. The Balaban J connectivity index is 2.54. The summed E-state index contributed by atoms with van der Waals surface area (Å²) in [6, 6.07) is 25.6. The summed E-state index contributed by atoms with van der Waals surface area (Å²) in [5, 5.41) is 0. The molecule has 0 N–H and O–H groups in total. The number of rotatable bonds is 10. The van der Waals surface area contributed by atoms with Crippen LogP contribution in [0.2, 0.25) is 22.2 Å². The van der Waals surface area contributed by atoms with Gasteiger partial charge in [0.25, 0.3) is 0 Å². The van der Waals surface area contributed by atoms with Crippen LogP contribution in [0.3, 0.4) is 0 Å². The van der Waals surface area contributed by atoms with Gasteiger partial charge < -0.3 is 0 Å². The summed E-state index contributed by atoms with van der Waals surface area (Å²) in [6.07, 6.45) is 0. The van der Waals surface area contributed by atoms with E-state index in [0.29, 0.717) is 8.55 Å². The van der Waals surface area contributed by atoms with Crippen molar-refractivity contribution in [2.24, 2.45) is 0 Å². The Labute approximate surface area is 185 Å². The summed E-state index contributed by atoms with van der Waals surface area (Å²) in [5.41, 5.74) is 6.56. The van der Waals surface area contributed by atoms with Crippen molar-refractivity contribution >= 4 is 23.7 Å². The van der Waals surface area contributed by atoms with Crippen LogP contribution in [0.1, 0.15) is 66.5 Å². The maximum absolute atomic E-state index is 2.56. The molecule has 0 saturated carbocycles. The van der Waals surface area contributed by atoms with Crippen LogP contribution in [0.25, 0.3) is 0 Å². The van der Waals surface area contributed by atoms with Gasteiger partial charge in [0.1, 0.15) is 0 Å². The molecule has 0 atom stereocenters. The van der Waals surface area contributed by atoms with Gasteiger partial charge in [-0.1, -0.05) is 177 Å². The van der Waals surface area contributed by atoms with Gasteiger partial charge in [0, 0.05) is 0 Å². The summed E-state index contributed by atoms with van der Waals surface area (Å²) in [5.74, 6) is 0. The SMILES string of the molecule is CC(C)[Si](Cc1ccccc1)([SiH-][Si](Cc1ccccc1)(C(C)C)C(C)C)C(C)C. The Bertz CT molecular complexity index is 641. The minimum atomic E-state index is -1.46. The zero-order valence-corrected chi connectivity index (χ0v) is 23.2. The minimum absolute atomic E-state index is 0.516. The molecule has 0 heterocycles. The third kappa shape index (κ3) is 5.62. The molecule has 0 aliphatic rings. The van der Waals surface area contributed by atoms with Crippen molar-refractivity contribution in [2.45, 2.75) is 89.6 Å². The second-order valence-corrected chi connectivity index (χ2v) is 30.3. The molecule has 2 aromatic carbocycles. The zero-order valence-electron chi connectivity index (χ0n) is 20.1. The van der Waals surface area contributed by atoms with Gasteiger partial charge in [0.05, 0.1) is 0 Å². The molecule has 0 amide bonds. The monoisotopic (exact) mass is 439 g/mol. The molecule has 0 nitrogen and oxygen atoms in total. The Kier molecular flexibility index (Phi) is 8.74. The fourth-order valence-corrected chi connectivity index (χ4v) is 45.9. The molecule has 0 bridgehead atoms. The first kappa shape index (κ1) is 24.4. The van der Waals surface area contributed by atoms with Crippen molar-refractivity contribution in [1.29, 1.82) is 0 Å². The van der Waals surface area contributed by atoms with Crippen molar-refractivity contribution < 1.29 is 0 Å². The van der Waals surface area contributed by atoms with Crippen molar-refractivity contribution in [1.82, 2.24) is 0 Å². The Morgan fingerprint density at radius 3 is 1.03 bits per heavy atom. The molecule has 2 rings (SSSR count). The molecule has 0 unspecified atom stereocenters. The highest BCUT2D eigenvalue weighted by atomic mass is 29.6. The third-order valence-electron chi connectivity index (χ3n) is 7.54. The van der Waals surface area contributed by atoms with E-state index in [-0.39, 0.29) is 0 Å². The van der Waals surface area contributed by atoms with Crippen molar-refractivity contribution in [3.8, 4) is 0 Å². The Hall–Kier alpha value is -0.909. The third-order valence-corrected chi connectivity index (χ3v) is 41.4. The first-order chi connectivity index (χ1) is 13.6. The van der Waals surface area contributed by atoms with Gasteiger partial charge >= 0.3 is 0 Å². The summed E-state index contributed by atoms with van der Waals surface area (Å²) < 4.78 is 0. The van der Waals surface area contributed by atoms with Gasteiger partial charge in [-0.25, -0.2) is 0 Å². The van der Waals surface area contributed by atoms with Crippen molar-refractivity contribution in [3.05, 3.63) is 71.8 Å². The second-order valence-electron chi connectivity index (χ2n) is 10.3. The molecule has 0 aromatic heterocycles. The first-order valence-electron chi connectivity index (χ1n) is 11.6. The fourth-order valence-electron chi connectivity index (χ4n) is 5.32. The molecular formula is C26H43Si3-. The van der Waals surface area contributed by atoms with Crippen LogP contribution >= 0.6 is 0 Å². The summed E-state index contributed by atoms with van der Waals surface area (Å²) in [7, 11) is -2.41. The highest BCUT2D eigenvalue weighted by Gasteiger charge is 2.41. The number of hydrogen-bond donors (Lipinski definition) is 0. The van der Waals surface area contributed by atoms with E-state index in [1.54, 1.807) is 11.1 Å². The molecule has 0 radical (unpaired) electrons. The predicted molar refractivity (Wildman–Crippen MR) is 139 cm³/mol. The van der Waals surface area contributed by atoms with Crippen molar-refractivity contribution in [3.63, 3.8) is 0 Å². The van der Waals surface area contributed by atoms with Gasteiger partial charge in [0.2, 0.25) is 0 Å². The molecule has 0 aliphatic carbocycles. The Morgan fingerprint density at radius 1 is 0.517 bits per heavy atom. The van der Waals surface area contributed by atoms with Gasteiger partial charge in [-0.05, 0) is 0 Å². The summed E-state index contributed by atoms with van der Waals surface area (Å²) in [6.45, 7) is 20.5. The molecule has 29 heavy (non-hydrogen) atoms. The van der Waals surface area contributed by atoms with E-state index in [4.69, 9.17) is 0 Å². The number of hydrogen-bond acceptors (Lipinski definition) is 0. The largest absolute Gasteiger partial charge is 0.268 e. The maximum atomic E-state index is 2.56. The highest BCUT2D eigenvalue weighted by molar-refractivity contribution is 7.54. The minimum Gasteiger partial charge on any atom is -0.268 e. The van der Waals surface area contributed by atoms with E-state index in [1.807, 2.05) is 0 Å². The van der Waals surface area contributed by atoms with E-state index in [1.165, 1.54) is 12.1 Å². The van der Waals surface area contributed by atoms with Crippen LogP contribution < -0.4 is 0 Å². The lowest BCUT2D eigenvalue weighted by Gasteiger charge is -2.60. The van der Waals surface area contributed by atoms with E-state index >= 15 is 0 Å². The first-order valence-corrected chi connectivity index (χ1v) is 19.9. The van der Waals surface area contributed by atoms with Crippen LogP contribution in [-0.2, 0) is 12.1 Å². The smallest absolute Gasteiger partial charge is 0.0534 e. The molecule has 0 saturated heterocycles. The van der Waals surface area contributed by atoms with Crippen molar-refractivity contribution in [2.75, 3.05) is 0 Å². The predicted octanol–water partition coefficient (Wildman–Crippen LogP) is 7.52. The van der Waals surface area contributed by atoms with Gasteiger partial charge in [-0.15, -0.1) is 0 Å². The Morgan fingerprint density at radius 2 is 0.793 bits per heavy atom. The van der Waals surface area contributed by atoms with Crippen LogP contribution in [0.5, 0.6) is 0 Å². The number of benzene rings is 2. The second kappa shape index (κ2) is 10.4. The van der Waals surface area contributed by atoms with Crippen LogP contribution in [-0.4, -0.2) is 23.7 Å². The topological polar surface area (TPSA) is 0 Å².